The highest BCUT2D eigenvalue weighted by molar-refractivity contribution is 7.08. The van der Waals surface area contributed by atoms with Crippen LogP contribution in [0.2, 0.25) is 0 Å². The van der Waals surface area contributed by atoms with E-state index in [-0.39, 0.29) is 5.69 Å². The first kappa shape index (κ1) is 13.8. The molecule has 0 aliphatic heterocycles. The van der Waals surface area contributed by atoms with Crippen molar-refractivity contribution in [2.45, 2.75) is 6.18 Å². The summed E-state index contributed by atoms with van der Waals surface area (Å²) in [7, 11) is 1.28. The van der Waals surface area contributed by atoms with E-state index in [1.165, 1.54) is 18.4 Å². The summed E-state index contributed by atoms with van der Waals surface area (Å²) in [5.41, 5.74) is 1.63. The standard InChI is InChI=1S/C14H9F3N3S/c1-20-13(14(15,16)17)5-12(19-20)11-8-21-7-10(11)9-3-2-4-18-6-9/h2-6,8H,1H3. The van der Waals surface area contributed by atoms with Crippen molar-refractivity contribution >= 4 is 11.3 Å². The van der Waals surface area contributed by atoms with Gasteiger partial charge >= 0.3 is 6.18 Å². The summed E-state index contributed by atoms with van der Waals surface area (Å²) in [6.07, 6.45) is -1.14. The van der Waals surface area contributed by atoms with Gasteiger partial charge in [-0.1, -0.05) is 6.07 Å². The molecule has 0 aromatic carbocycles. The molecule has 0 unspecified atom stereocenters. The van der Waals surface area contributed by atoms with Crippen molar-refractivity contribution in [1.29, 1.82) is 0 Å². The Hall–Kier alpha value is -2.15. The molecule has 0 fully saturated rings. The van der Waals surface area contributed by atoms with Crippen molar-refractivity contribution in [1.82, 2.24) is 14.8 Å². The van der Waals surface area contributed by atoms with Crippen LogP contribution in [-0.4, -0.2) is 14.8 Å². The lowest BCUT2D eigenvalue weighted by Gasteiger charge is -2.04. The van der Waals surface area contributed by atoms with Gasteiger partial charge in [-0.2, -0.15) is 18.3 Å². The molecule has 1 radical (unpaired) electrons. The second-order valence-electron chi connectivity index (χ2n) is 4.40. The van der Waals surface area contributed by atoms with E-state index in [4.69, 9.17) is 0 Å². The molecule has 0 amide bonds. The molecule has 3 aromatic heterocycles. The first-order valence-corrected chi connectivity index (χ1v) is 6.86. The summed E-state index contributed by atoms with van der Waals surface area (Å²) in [5, 5.41) is 8.77. The zero-order valence-electron chi connectivity index (χ0n) is 10.8. The maximum Gasteiger partial charge on any atom is 0.433 e. The van der Waals surface area contributed by atoms with Crippen LogP contribution in [0.5, 0.6) is 0 Å². The number of rotatable bonds is 2. The summed E-state index contributed by atoms with van der Waals surface area (Å²) < 4.78 is 39.4. The number of halogens is 3. The molecule has 0 aliphatic carbocycles. The lowest BCUT2D eigenvalue weighted by Crippen LogP contribution is -2.11. The number of nitrogens with zero attached hydrogens (tertiary/aromatic N) is 3. The molecule has 0 spiro atoms. The molecule has 107 valence electrons. The van der Waals surface area contributed by atoms with Crippen LogP contribution in [0.4, 0.5) is 13.2 Å². The van der Waals surface area contributed by atoms with Crippen molar-refractivity contribution in [3.05, 3.63) is 47.0 Å². The predicted octanol–water partition coefficient (Wildman–Crippen LogP) is 4.03. The maximum atomic E-state index is 12.9. The number of thiophene rings is 1. The molecule has 0 saturated heterocycles. The zero-order chi connectivity index (χ0) is 15.0. The summed E-state index contributed by atoms with van der Waals surface area (Å²) in [6.45, 7) is 0. The van der Waals surface area contributed by atoms with Gasteiger partial charge in [0.05, 0.1) is 11.1 Å². The number of hydrogen-bond donors (Lipinski definition) is 0. The van der Waals surface area contributed by atoms with Crippen LogP contribution < -0.4 is 0 Å². The van der Waals surface area contributed by atoms with Crippen LogP contribution in [0.25, 0.3) is 22.4 Å². The fourth-order valence-electron chi connectivity index (χ4n) is 2.04. The van der Waals surface area contributed by atoms with E-state index in [1.54, 1.807) is 23.8 Å². The van der Waals surface area contributed by atoms with Gasteiger partial charge in [-0.05, 0) is 12.1 Å². The SMILES string of the molecule is Cn1nc(-c2cs[c]c2-c2cccnc2)cc1C(F)(F)F. The van der Waals surface area contributed by atoms with Crippen LogP contribution in [-0.2, 0) is 13.2 Å². The molecule has 0 aliphatic rings. The van der Waals surface area contributed by atoms with Gasteiger partial charge in [-0.25, -0.2) is 0 Å². The van der Waals surface area contributed by atoms with E-state index in [9.17, 15) is 13.2 Å². The van der Waals surface area contributed by atoms with Gasteiger partial charge in [0.15, 0.2) is 0 Å². The van der Waals surface area contributed by atoms with Crippen molar-refractivity contribution in [2.75, 3.05) is 0 Å². The minimum Gasteiger partial charge on any atom is -0.264 e. The Labute approximate surface area is 122 Å². The number of pyridine rings is 1. The van der Waals surface area contributed by atoms with Gasteiger partial charge < -0.3 is 0 Å². The second-order valence-corrected chi connectivity index (χ2v) is 5.08. The summed E-state index contributed by atoms with van der Waals surface area (Å²) in [5.74, 6) is 0. The molecule has 7 heteroatoms. The topological polar surface area (TPSA) is 30.7 Å². The minimum atomic E-state index is -4.42. The van der Waals surface area contributed by atoms with Crippen LogP contribution in [0, 0.1) is 5.38 Å². The Morgan fingerprint density at radius 1 is 1.33 bits per heavy atom. The third-order valence-electron chi connectivity index (χ3n) is 3.00. The zero-order valence-corrected chi connectivity index (χ0v) is 11.7. The Morgan fingerprint density at radius 3 is 2.76 bits per heavy atom. The van der Waals surface area contributed by atoms with E-state index in [0.717, 1.165) is 16.3 Å². The van der Waals surface area contributed by atoms with E-state index in [1.807, 2.05) is 6.07 Å². The molecule has 3 heterocycles. The molecule has 3 aromatic rings. The fourth-order valence-corrected chi connectivity index (χ4v) is 2.80. The third-order valence-corrected chi connectivity index (χ3v) is 3.68. The van der Waals surface area contributed by atoms with Crippen molar-refractivity contribution < 1.29 is 13.2 Å². The molecule has 0 atom stereocenters. The van der Waals surface area contributed by atoms with Gasteiger partial charge in [0.25, 0.3) is 0 Å². The number of alkyl halides is 3. The summed E-state index contributed by atoms with van der Waals surface area (Å²) in [4.78, 5) is 4.02. The van der Waals surface area contributed by atoms with E-state index in [0.29, 0.717) is 11.1 Å². The molecule has 0 saturated carbocycles. The smallest absolute Gasteiger partial charge is 0.264 e. The van der Waals surface area contributed by atoms with Crippen LogP contribution >= 0.6 is 11.3 Å². The first-order chi connectivity index (χ1) is 9.97. The fraction of sp³-hybridized carbons (Fsp3) is 0.143. The number of aryl methyl sites for hydroxylation is 1. The molecular formula is C14H9F3N3S. The maximum absolute atomic E-state index is 12.9. The van der Waals surface area contributed by atoms with Gasteiger partial charge in [-0.15, -0.1) is 11.3 Å². The van der Waals surface area contributed by atoms with Gasteiger partial charge in [0, 0.05) is 41.5 Å². The minimum absolute atomic E-state index is 0.279. The van der Waals surface area contributed by atoms with E-state index in [2.05, 4.69) is 15.5 Å². The Kier molecular flexibility index (Phi) is 3.29. The molecule has 3 nitrogen and oxygen atoms in total. The highest BCUT2D eigenvalue weighted by Gasteiger charge is 2.35. The van der Waals surface area contributed by atoms with Gasteiger partial charge in [0.1, 0.15) is 5.69 Å². The highest BCUT2D eigenvalue weighted by atomic mass is 32.1. The number of aromatic nitrogens is 3. The number of hydrogen-bond acceptors (Lipinski definition) is 3. The Bertz CT molecular complexity index is 759. The van der Waals surface area contributed by atoms with Crippen LogP contribution in [0.3, 0.4) is 0 Å². The van der Waals surface area contributed by atoms with Crippen LogP contribution in [0.1, 0.15) is 5.69 Å². The van der Waals surface area contributed by atoms with E-state index < -0.39 is 11.9 Å². The lowest BCUT2D eigenvalue weighted by molar-refractivity contribution is -0.143. The van der Waals surface area contributed by atoms with Crippen molar-refractivity contribution in [3.8, 4) is 22.4 Å². The monoisotopic (exact) mass is 308 g/mol. The third kappa shape index (κ3) is 2.56. The molecule has 0 N–H and O–H groups in total. The normalized spacial score (nSPS) is 11.8. The van der Waals surface area contributed by atoms with Gasteiger partial charge in [0.2, 0.25) is 0 Å². The van der Waals surface area contributed by atoms with Crippen LogP contribution in [0.15, 0.2) is 36.0 Å². The molecule has 3 rings (SSSR count). The largest absolute Gasteiger partial charge is 0.433 e. The second kappa shape index (κ2) is 5.00. The van der Waals surface area contributed by atoms with Gasteiger partial charge in [-0.3, -0.25) is 9.67 Å². The lowest BCUT2D eigenvalue weighted by atomic mass is 10.0. The highest BCUT2D eigenvalue weighted by Crippen LogP contribution is 2.37. The quantitative estimate of drug-likeness (QED) is 0.715. The van der Waals surface area contributed by atoms with E-state index >= 15 is 0 Å². The Balaban J connectivity index is 2.09. The average Bonchev–Trinajstić information content (AvgIpc) is 3.05. The predicted molar refractivity (Wildman–Crippen MR) is 73.6 cm³/mol. The molecule has 0 bridgehead atoms. The average molecular weight is 308 g/mol. The van der Waals surface area contributed by atoms with Crippen molar-refractivity contribution in [2.24, 2.45) is 7.05 Å². The van der Waals surface area contributed by atoms with Crippen molar-refractivity contribution in [3.63, 3.8) is 0 Å². The summed E-state index contributed by atoms with van der Waals surface area (Å²) in [6, 6.07) is 4.66. The Morgan fingerprint density at radius 2 is 2.14 bits per heavy atom. The summed E-state index contributed by atoms with van der Waals surface area (Å²) >= 11 is 1.30. The molecule has 21 heavy (non-hydrogen) atoms. The molecular weight excluding hydrogens is 299 g/mol. The first-order valence-electron chi connectivity index (χ1n) is 5.98.